The zero-order valence-electron chi connectivity index (χ0n) is 17.8. The Morgan fingerprint density at radius 3 is 2.57 bits per heavy atom. The molecule has 0 fully saturated rings. The first kappa shape index (κ1) is 23.0. The quantitative estimate of drug-likeness (QED) is 0.328. The molecular weight excluding hydrogens is 382 g/mol. The van der Waals surface area contributed by atoms with E-state index in [-0.39, 0.29) is 6.61 Å². The summed E-state index contributed by atoms with van der Waals surface area (Å²) in [6, 6.07) is 12.9. The minimum absolute atomic E-state index is 0.355. The Morgan fingerprint density at radius 2 is 1.83 bits per heavy atom. The molecule has 2 rings (SSSR count). The lowest BCUT2D eigenvalue weighted by atomic mass is 10.2. The third kappa shape index (κ3) is 7.62. The van der Waals surface area contributed by atoms with Crippen molar-refractivity contribution in [2.45, 2.75) is 33.6 Å². The second kappa shape index (κ2) is 12.3. The second-order valence-corrected chi connectivity index (χ2v) is 6.65. The second-order valence-electron chi connectivity index (χ2n) is 6.65. The fourth-order valence-electron chi connectivity index (χ4n) is 2.59. The van der Waals surface area contributed by atoms with Crippen LogP contribution < -0.4 is 14.8 Å². The van der Waals surface area contributed by atoms with E-state index in [0.717, 1.165) is 24.0 Å². The lowest BCUT2D eigenvalue weighted by molar-refractivity contribution is -0.142. The first-order valence-corrected chi connectivity index (χ1v) is 10.1. The largest absolute Gasteiger partial charge is 0.490 e. The number of para-hydroxylation sites is 1. The Kier molecular flexibility index (Phi) is 9.45. The molecule has 2 aromatic carbocycles. The lowest BCUT2D eigenvalue weighted by Gasteiger charge is -2.12. The third-order valence-corrected chi connectivity index (χ3v) is 4.20. The van der Waals surface area contributed by atoms with Crippen LogP contribution in [0.15, 0.2) is 48.5 Å². The van der Waals surface area contributed by atoms with Crippen molar-refractivity contribution in [3.63, 3.8) is 0 Å². The Hall–Kier alpha value is -3.28. The predicted octanol–water partition coefficient (Wildman–Crippen LogP) is 4.77. The number of carbonyl (C=O) groups excluding carboxylic acids is 2. The van der Waals surface area contributed by atoms with Crippen LogP contribution in [0.1, 0.15) is 37.8 Å². The van der Waals surface area contributed by atoms with Crippen LogP contribution in [0, 0.1) is 6.92 Å². The maximum Gasteiger partial charge on any atom is 0.331 e. The summed E-state index contributed by atoms with van der Waals surface area (Å²) >= 11 is 0. The standard InChI is InChI=1S/C24H29NO5/c1-4-6-15-29-21-13-11-19(16-22(21)28-5-2)12-14-24(27)30-17-23(26)25-20-10-8-7-9-18(20)3/h7-14,16H,4-6,15,17H2,1-3H3,(H,25,26)/b14-12+. The number of aryl methyl sites for hydroxylation is 1. The van der Waals surface area contributed by atoms with Crippen LogP contribution in [0.2, 0.25) is 0 Å². The van der Waals surface area contributed by atoms with Crippen molar-refractivity contribution in [3.05, 3.63) is 59.7 Å². The van der Waals surface area contributed by atoms with Crippen molar-refractivity contribution in [3.8, 4) is 11.5 Å². The number of nitrogens with one attached hydrogen (secondary N) is 1. The van der Waals surface area contributed by atoms with Crippen molar-refractivity contribution in [1.82, 2.24) is 0 Å². The number of benzene rings is 2. The SMILES string of the molecule is CCCCOc1ccc(/C=C/C(=O)OCC(=O)Nc2ccccc2C)cc1OCC. The van der Waals surface area contributed by atoms with Gasteiger partial charge in [0.2, 0.25) is 0 Å². The van der Waals surface area contributed by atoms with Gasteiger partial charge in [-0.25, -0.2) is 4.79 Å². The molecule has 6 nitrogen and oxygen atoms in total. The Bertz CT molecular complexity index is 876. The van der Waals surface area contributed by atoms with Gasteiger partial charge in [0.1, 0.15) is 0 Å². The number of ether oxygens (including phenoxy) is 3. The van der Waals surface area contributed by atoms with E-state index in [1.165, 1.54) is 6.08 Å². The van der Waals surface area contributed by atoms with E-state index >= 15 is 0 Å². The average molecular weight is 411 g/mol. The van der Waals surface area contributed by atoms with Gasteiger partial charge in [-0.1, -0.05) is 37.6 Å². The summed E-state index contributed by atoms with van der Waals surface area (Å²) in [7, 11) is 0. The summed E-state index contributed by atoms with van der Waals surface area (Å²) in [5.74, 6) is 0.314. The van der Waals surface area contributed by atoms with Crippen LogP contribution in [0.4, 0.5) is 5.69 Å². The lowest BCUT2D eigenvalue weighted by Crippen LogP contribution is -2.20. The van der Waals surface area contributed by atoms with Crippen LogP contribution in [-0.2, 0) is 14.3 Å². The summed E-state index contributed by atoms with van der Waals surface area (Å²) in [4.78, 5) is 23.9. The number of amides is 1. The van der Waals surface area contributed by atoms with Crippen LogP contribution in [0.3, 0.4) is 0 Å². The van der Waals surface area contributed by atoms with Crippen molar-refractivity contribution >= 4 is 23.6 Å². The Labute approximate surface area is 177 Å². The van der Waals surface area contributed by atoms with Gasteiger partial charge >= 0.3 is 5.97 Å². The molecule has 0 aliphatic carbocycles. The molecule has 1 N–H and O–H groups in total. The maximum absolute atomic E-state index is 12.0. The summed E-state index contributed by atoms with van der Waals surface area (Å²) in [5, 5.41) is 2.72. The van der Waals surface area contributed by atoms with Crippen LogP contribution in [0.5, 0.6) is 11.5 Å². The molecular formula is C24H29NO5. The van der Waals surface area contributed by atoms with Crippen LogP contribution in [0.25, 0.3) is 6.08 Å². The van der Waals surface area contributed by atoms with E-state index in [2.05, 4.69) is 12.2 Å². The van der Waals surface area contributed by atoms with E-state index in [1.54, 1.807) is 18.2 Å². The number of anilines is 1. The highest BCUT2D eigenvalue weighted by Crippen LogP contribution is 2.29. The molecule has 0 aliphatic rings. The smallest absolute Gasteiger partial charge is 0.331 e. The van der Waals surface area contributed by atoms with E-state index in [9.17, 15) is 9.59 Å². The predicted molar refractivity (Wildman–Crippen MR) is 118 cm³/mol. The van der Waals surface area contributed by atoms with E-state index in [1.807, 2.05) is 44.2 Å². The fraction of sp³-hybridized carbons (Fsp3) is 0.333. The molecule has 0 saturated carbocycles. The molecule has 1 amide bonds. The molecule has 0 unspecified atom stereocenters. The molecule has 160 valence electrons. The van der Waals surface area contributed by atoms with Crippen molar-refractivity contribution < 1.29 is 23.8 Å². The van der Waals surface area contributed by atoms with Gasteiger partial charge in [-0.15, -0.1) is 0 Å². The molecule has 0 heterocycles. The Balaban J connectivity index is 1.89. The monoisotopic (exact) mass is 411 g/mol. The third-order valence-electron chi connectivity index (χ3n) is 4.20. The molecule has 0 bridgehead atoms. The number of hydrogen-bond acceptors (Lipinski definition) is 5. The van der Waals surface area contributed by atoms with Gasteiger partial charge in [0.15, 0.2) is 18.1 Å². The van der Waals surface area contributed by atoms with Crippen LogP contribution in [-0.4, -0.2) is 31.7 Å². The zero-order chi connectivity index (χ0) is 21.8. The van der Waals surface area contributed by atoms with Crippen molar-refractivity contribution in [2.75, 3.05) is 25.1 Å². The zero-order valence-corrected chi connectivity index (χ0v) is 17.8. The van der Waals surface area contributed by atoms with Crippen molar-refractivity contribution in [2.24, 2.45) is 0 Å². The first-order valence-electron chi connectivity index (χ1n) is 10.1. The van der Waals surface area contributed by atoms with E-state index in [4.69, 9.17) is 14.2 Å². The highest BCUT2D eigenvalue weighted by molar-refractivity contribution is 5.95. The van der Waals surface area contributed by atoms with Gasteiger partial charge < -0.3 is 19.5 Å². The summed E-state index contributed by atoms with van der Waals surface area (Å²) in [6.45, 7) is 6.68. The fourth-order valence-corrected chi connectivity index (χ4v) is 2.59. The van der Waals surface area contributed by atoms with Gasteiger partial charge in [-0.2, -0.15) is 0 Å². The maximum atomic E-state index is 12.0. The minimum atomic E-state index is -0.601. The summed E-state index contributed by atoms with van der Waals surface area (Å²) in [6.07, 6.45) is 4.91. The normalized spacial score (nSPS) is 10.6. The first-order chi connectivity index (χ1) is 14.5. The van der Waals surface area contributed by atoms with Gasteiger partial charge in [-0.3, -0.25) is 4.79 Å². The summed E-state index contributed by atoms with van der Waals surface area (Å²) < 4.78 is 16.4. The number of unbranched alkanes of at least 4 members (excludes halogenated alkanes) is 1. The van der Waals surface area contributed by atoms with Crippen molar-refractivity contribution in [1.29, 1.82) is 0 Å². The molecule has 0 radical (unpaired) electrons. The topological polar surface area (TPSA) is 73.9 Å². The van der Waals surface area contributed by atoms with Gasteiger partial charge in [0.25, 0.3) is 5.91 Å². The number of hydrogen-bond donors (Lipinski definition) is 1. The number of esters is 1. The van der Waals surface area contributed by atoms with E-state index < -0.39 is 11.9 Å². The minimum Gasteiger partial charge on any atom is -0.490 e. The molecule has 0 aliphatic heterocycles. The van der Waals surface area contributed by atoms with Gasteiger partial charge in [0.05, 0.1) is 13.2 Å². The molecule has 2 aromatic rings. The summed E-state index contributed by atoms with van der Waals surface area (Å²) in [5.41, 5.74) is 2.39. The number of rotatable bonds is 11. The highest BCUT2D eigenvalue weighted by atomic mass is 16.5. The van der Waals surface area contributed by atoms with Gasteiger partial charge in [-0.05, 0) is 55.7 Å². The van der Waals surface area contributed by atoms with E-state index in [0.29, 0.717) is 30.4 Å². The van der Waals surface area contributed by atoms with Crippen LogP contribution >= 0.6 is 0 Å². The molecule has 0 saturated heterocycles. The van der Waals surface area contributed by atoms with Gasteiger partial charge in [0, 0.05) is 11.8 Å². The molecule has 6 heteroatoms. The molecule has 0 aromatic heterocycles. The molecule has 0 atom stereocenters. The molecule has 30 heavy (non-hydrogen) atoms. The molecule has 0 spiro atoms. The average Bonchev–Trinajstić information content (AvgIpc) is 2.74. The highest BCUT2D eigenvalue weighted by Gasteiger charge is 2.08. The Morgan fingerprint density at radius 1 is 1.03 bits per heavy atom. The number of carbonyl (C=O) groups is 2.